The van der Waals surface area contributed by atoms with Crippen molar-refractivity contribution in [3.63, 3.8) is 0 Å². The van der Waals surface area contributed by atoms with Crippen LogP contribution in [0.3, 0.4) is 0 Å². The topological polar surface area (TPSA) is 105 Å². The highest BCUT2D eigenvalue weighted by Gasteiger charge is 2.27. The number of benzene rings is 1. The molecular weight excluding hydrogens is 392 g/mol. The summed E-state index contributed by atoms with van der Waals surface area (Å²) in [4.78, 5) is 37.3. The number of aromatic nitrogens is 2. The minimum atomic E-state index is -1.19. The van der Waals surface area contributed by atoms with Gasteiger partial charge in [0.15, 0.2) is 5.69 Å². The van der Waals surface area contributed by atoms with Crippen molar-refractivity contribution >= 4 is 39.4 Å². The number of anilines is 1. The van der Waals surface area contributed by atoms with E-state index in [9.17, 15) is 14.4 Å². The van der Waals surface area contributed by atoms with Crippen LogP contribution < -0.4 is 5.32 Å². The predicted octanol–water partition coefficient (Wildman–Crippen LogP) is 1.83. The van der Waals surface area contributed by atoms with Crippen LogP contribution >= 0.6 is 15.9 Å². The molecule has 2 N–H and O–H groups in total. The number of carboxylic acids is 1. The van der Waals surface area contributed by atoms with Crippen molar-refractivity contribution in [3.05, 3.63) is 46.2 Å². The van der Waals surface area contributed by atoms with E-state index < -0.39 is 11.9 Å². The first-order valence-electron chi connectivity index (χ1n) is 7.60. The van der Waals surface area contributed by atoms with Gasteiger partial charge in [-0.25, -0.2) is 4.79 Å². The molecule has 0 fully saturated rings. The van der Waals surface area contributed by atoms with Crippen molar-refractivity contribution in [1.82, 2.24) is 14.7 Å². The molecular formula is C16H15BrN4O4. The normalized spacial score (nSPS) is 14.0. The number of carboxylic acid groups (broad SMARTS) is 1. The number of nitrogens with one attached hydrogen (secondary N) is 1. The number of hydrogen-bond donors (Lipinski definition) is 2. The fourth-order valence-electron chi connectivity index (χ4n) is 2.62. The lowest BCUT2D eigenvalue weighted by molar-refractivity contribution is -0.116. The van der Waals surface area contributed by atoms with Gasteiger partial charge in [-0.2, -0.15) is 5.10 Å². The van der Waals surface area contributed by atoms with Crippen LogP contribution in [0.2, 0.25) is 0 Å². The van der Waals surface area contributed by atoms with Gasteiger partial charge in [-0.05, 0) is 34.5 Å². The second-order valence-electron chi connectivity index (χ2n) is 5.55. The smallest absolute Gasteiger partial charge is 0.356 e. The number of hydrogen-bond acceptors (Lipinski definition) is 4. The molecule has 0 bridgehead atoms. The van der Waals surface area contributed by atoms with Crippen LogP contribution in [0.5, 0.6) is 0 Å². The first-order chi connectivity index (χ1) is 12.0. The summed E-state index contributed by atoms with van der Waals surface area (Å²) in [5, 5.41) is 15.7. The summed E-state index contributed by atoms with van der Waals surface area (Å²) >= 11 is 3.35. The molecule has 2 heterocycles. The van der Waals surface area contributed by atoms with E-state index in [1.165, 1.54) is 15.6 Å². The Kier molecular flexibility index (Phi) is 4.84. The highest BCUT2D eigenvalue weighted by Crippen LogP contribution is 2.21. The van der Waals surface area contributed by atoms with E-state index in [1.54, 1.807) is 18.2 Å². The van der Waals surface area contributed by atoms with Gasteiger partial charge in [0, 0.05) is 23.6 Å². The molecule has 1 aromatic carbocycles. The SMILES string of the molecule is O=C(CN1CCCn2nc(C(=O)O)cc2C1=O)Nc1ccccc1Br. The molecule has 8 nitrogen and oxygen atoms in total. The molecule has 0 aliphatic carbocycles. The molecule has 3 rings (SSSR count). The summed E-state index contributed by atoms with van der Waals surface area (Å²) in [6.45, 7) is 0.707. The third-order valence-electron chi connectivity index (χ3n) is 3.79. The minimum Gasteiger partial charge on any atom is -0.476 e. The fourth-order valence-corrected chi connectivity index (χ4v) is 3.00. The maximum Gasteiger partial charge on any atom is 0.356 e. The zero-order chi connectivity index (χ0) is 18.0. The van der Waals surface area contributed by atoms with Crippen molar-refractivity contribution in [2.45, 2.75) is 13.0 Å². The molecule has 0 saturated carbocycles. The van der Waals surface area contributed by atoms with E-state index in [0.29, 0.717) is 25.2 Å². The van der Waals surface area contributed by atoms with Crippen molar-refractivity contribution in [3.8, 4) is 0 Å². The second-order valence-corrected chi connectivity index (χ2v) is 6.41. The van der Waals surface area contributed by atoms with Crippen LogP contribution in [0.4, 0.5) is 5.69 Å². The number of carbonyl (C=O) groups excluding carboxylic acids is 2. The molecule has 1 aliphatic heterocycles. The number of nitrogens with zero attached hydrogens (tertiary/aromatic N) is 3. The molecule has 0 saturated heterocycles. The zero-order valence-electron chi connectivity index (χ0n) is 13.1. The first-order valence-corrected chi connectivity index (χ1v) is 8.40. The molecule has 9 heteroatoms. The first kappa shape index (κ1) is 17.2. The standard InChI is InChI=1S/C16H15BrN4O4/c17-10-4-1-2-5-11(10)18-14(22)9-20-6-3-7-21-13(15(20)23)8-12(19-21)16(24)25/h1-2,4-5,8H,3,6-7,9H2,(H,18,22)(H,24,25). The zero-order valence-corrected chi connectivity index (χ0v) is 14.7. The van der Waals surface area contributed by atoms with E-state index >= 15 is 0 Å². The van der Waals surface area contributed by atoms with Gasteiger partial charge in [0.2, 0.25) is 5.91 Å². The van der Waals surface area contributed by atoms with E-state index in [-0.39, 0.29) is 23.8 Å². The Morgan fingerprint density at radius 3 is 2.76 bits per heavy atom. The molecule has 0 atom stereocenters. The van der Waals surface area contributed by atoms with E-state index in [4.69, 9.17) is 5.11 Å². The van der Waals surface area contributed by atoms with Gasteiger partial charge in [-0.1, -0.05) is 12.1 Å². The van der Waals surface area contributed by atoms with Crippen LogP contribution in [0, 0.1) is 0 Å². The van der Waals surface area contributed by atoms with E-state index in [2.05, 4.69) is 26.3 Å². The highest BCUT2D eigenvalue weighted by atomic mass is 79.9. The monoisotopic (exact) mass is 406 g/mol. The lowest BCUT2D eigenvalue weighted by atomic mass is 10.3. The Morgan fingerprint density at radius 1 is 1.28 bits per heavy atom. The maximum atomic E-state index is 12.6. The maximum absolute atomic E-state index is 12.6. The quantitative estimate of drug-likeness (QED) is 0.805. The lowest BCUT2D eigenvalue weighted by Gasteiger charge is -2.19. The van der Waals surface area contributed by atoms with Gasteiger partial charge in [0.25, 0.3) is 5.91 Å². The largest absolute Gasteiger partial charge is 0.476 e. The van der Waals surface area contributed by atoms with Crippen molar-refractivity contribution < 1.29 is 19.5 Å². The van der Waals surface area contributed by atoms with E-state index in [0.717, 1.165) is 4.47 Å². The van der Waals surface area contributed by atoms with Crippen LogP contribution in [-0.4, -0.2) is 50.7 Å². The van der Waals surface area contributed by atoms with Gasteiger partial charge in [-0.15, -0.1) is 0 Å². The molecule has 0 unspecified atom stereocenters. The van der Waals surface area contributed by atoms with Crippen molar-refractivity contribution in [1.29, 1.82) is 0 Å². The number of para-hydroxylation sites is 1. The Hall–Kier alpha value is -2.68. The van der Waals surface area contributed by atoms with Crippen LogP contribution in [-0.2, 0) is 11.3 Å². The summed E-state index contributed by atoms with van der Waals surface area (Å²) in [6.07, 6.45) is 0.585. The lowest BCUT2D eigenvalue weighted by Crippen LogP contribution is -2.38. The van der Waals surface area contributed by atoms with Gasteiger partial charge >= 0.3 is 5.97 Å². The Balaban J connectivity index is 1.74. The van der Waals surface area contributed by atoms with Crippen LogP contribution in [0.1, 0.15) is 27.4 Å². The van der Waals surface area contributed by atoms with Crippen molar-refractivity contribution in [2.24, 2.45) is 0 Å². The third kappa shape index (κ3) is 3.71. The molecule has 2 amide bonds. The summed E-state index contributed by atoms with van der Waals surface area (Å²) in [6, 6.07) is 8.43. The average molecular weight is 407 g/mol. The minimum absolute atomic E-state index is 0.117. The van der Waals surface area contributed by atoms with Crippen LogP contribution in [0.15, 0.2) is 34.8 Å². The number of carbonyl (C=O) groups is 3. The second kappa shape index (κ2) is 7.06. The van der Waals surface area contributed by atoms with Gasteiger partial charge in [0.05, 0.1) is 5.69 Å². The molecule has 1 aromatic heterocycles. The van der Waals surface area contributed by atoms with Crippen molar-refractivity contribution in [2.75, 3.05) is 18.4 Å². The van der Waals surface area contributed by atoms with Crippen LogP contribution in [0.25, 0.3) is 0 Å². The molecule has 0 radical (unpaired) electrons. The highest BCUT2D eigenvalue weighted by molar-refractivity contribution is 9.10. The number of aromatic carboxylic acids is 1. The number of halogens is 1. The molecule has 0 spiro atoms. The number of aryl methyl sites for hydroxylation is 1. The summed E-state index contributed by atoms with van der Waals surface area (Å²) in [5.74, 6) is -1.92. The number of amides is 2. The predicted molar refractivity (Wildman–Crippen MR) is 92.5 cm³/mol. The Morgan fingerprint density at radius 2 is 2.04 bits per heavy atom. The van der Waals surface area contributed by atoms with Gasteiger partial charge in [0.1, 0.15) is 12.2 Å². The molecule has 25 heavy (non-hydrogen) atoms. The summed E-state index contributed by atoms with van der Waals surface area (Å²) in [5.41, 5.74) is 0.624. The number of fused-ring (bicyclic) bond motifs is 1. The third-order valence-corrected chi connectivity index (χ3v) is 4.48. The fraction of sp³-hybridized carbons (Fsp3) is 0.250. The summed E-state index contributed by atoms with van der Waals surface area (Å²) in [7, 11) is 0. The number of rotatable bonds is 4. The van der Waals surface area contributed by atoms with Gasteiger partial charge < -0.3 is 15.3 Å². The molecule has 1 aliphatic rings. The Labute approximate surface area is 151 Å². The summed E-state index contributed by atoms with van der Waals surface area (Å²) < 4.78 is 2.13. The van der Waals surface area contributed by atoms with Gasteiger partial charge in [-0.3, -0.25) is 14.3 Å². The molecule has 130 valence electrons. The Bertz CT molecular complexity index is 848. The molecule has 2 aromatic rings. The van der Waals surface area contributed by atoms with E-state index in [1.807, 2.05) is 6.07 Å². The average Bonchev–Trinajstić information content (AvgIpc) is 2.94.